The van der Waals surface area contributed by atoms with Gasteiger partial charge in [0.1, 0.15) is 16.5 Å². The molecule has 10 heteroatoms. The molecule has 0 saturated carbocycles. The molecule has 0 aliphatic rings. The van der Waals surface area contributed by atoms with Gasteiger partial charge in [-0.3, -0.25) is 4.52 Å². The van der Waals surface area contributed by atoms with Gasteiger partial charge in [0.25, 0.3) is 6.20 Å². The van der Waals surface area contributed by atoms with Crippen LogP contribution in [0.3, 0.4) is 0 Å². The lowest BCUT2D eigenvalue weighted by Gasteiger charge is -2.12. The Kier molecular flexibility index (Phi) is 5.38. The number of thiophene rings is 1. The van der Waals surface area contributed by atoms with Gasteiger partial charge in [0, 0.05) is 28.5 Å². The van der Waals surface area contributed by atoms with E-state index in [1.165, 1.54) is 23.0 Å². The molecule has 37 heavy (non-hydrogen) atoms. The molecule has 2 N–H and O–H groups in total. The molecule has 0 spiro atoms. The molecule has 182 valence electrons. The van der Waals surface area contributed by atoms with Gasteiger partial charge in [-0.25, -0.2) is 18.8 Å². The van der Waals surface area contributed by atoms with Gasteiger partial charge in [-0.2, -0.15) is 0 Å². The van der Waals surface area contributed by atoms with E-state index in [9.17, 15) is 9.50 Å². The number of hydrogen-bond acceptors (Lipinski definition) is 7. The molecular weight excluding hydrogens is 496 g/mol. The normalized spacial score (nSPS) is 12.0. The van der Waals surface area contributed by atoms with E-state index >= 15 is 4.39 Å². The minimum atomic E-state index is -0.756. The van der Waals surface area contributed by atoms with Crippen LogP contribution in [0.25, 0.3) is 43.4 Å². The molecule has 6 aromatic rings. The van der Waals surface area contributed by atoms with E-state index in [1.54, 1.807) is 13.1 Å². The lowest BCUT2D eigenvalue weighted by atomic mass is 9.96. The van der Waals surface area contributed by atoms with Crippen molar-refractivity contribution < 1.29 is 23.1 Å². The van der Waals surface area contributed by atoms with Crippen LogP contribution in [0.2, 0.25) is 0 Å². The van der Waals surface area contributed by atoms with Crippen LogP contribution in [0.1, 0.15) is 4.88 Å². The van der Waals surface area contributed by atoms with Gasteiger partial charge in [0.2, 0.25) is 0 Å². The molecule has 0 atom stereocenters. The van der Waals surface area contributed by atoms with Crippen LogP contribution >= 0.6 is 11.3 Å². The molecular formula is C27H17F2N5O2S. The van der Waals surface area contributed by atoms with Crippen LogP contribution < -0.4 is 15.5 Å². The fraction of sp³-hybridized carbons (Fsp3) is 0.0370. The van der Waals surface area contributed by atoms with Crippen LogP contribution in [0, 0.1) is 11.6 Å². The first kappa shape index (κ1) is 22.7. The van der Waals surface area contributed by atoms with Gasteiger partial charge in [-0.15, -0.1) is 11.3 Å². The summed E-state index contributed by atoms with van der Waals surface area (Å²) in [5, 5.41) is 19.0. The number of nitrogens with two attached hydrogens (primary N) is 1. The number of anilines is 1. The third kappa shape index (κ3) is 3.97. The predicted octanol–water partition coefficient (Wildman–Crippen LogP) is 4.90. The molecule has 7 nitrogen and oxygen atoms in total. The number of nitrogens with zero attached hydrogens (tertiary/aromatic N) is 4. The van der Waals surface area contributed by atoms with Crippen molar-refractivity contribution in [1.29, 1.82) is 0 Å². The van der Waals surface area contributed by atoms with Crippen LogP contribution in [-0.2, 0) is 7.05 Å². The Balaban J connectivity index is 1.64. The van der Waals surface area contributed by atoms with Crippen LogP contribution in [-0.4, -0.2) is 16.2 Å². The molecule has 0 saturated heterocycles. The van der Waals surface area contributed by atoms with E-state index in [1.807, 2.05) is 42.5 Å². The monoisotopic (exact) mass is 513 g/mol. The zero-order valence-electron chi connectivity index (χ0n) is 19.3. The minimum absolute atomic E-state index is 0.0126. The van der Waals surface area contributed by atoms with Crippen LogP contribution in [0.5, 0.6) is 0 Å². The highest BCUT2D eigenvalue weighted by Gasteiger charge is 2.21. The molecule has 0 amide bonds. The molecule has 0 fully saturated rings. The number of nitrogen functional groups attached to an aromatic ring is 1. The summed E-state index contributed by atoms with van der Waals surface area (Å²) >= 11 is 1.05. The average molecular weight is 514 g/mol. The minimum Gasteiger partial charge on any atom is -0.857 e. The third-order valence-corrected chi connectivity index (χ3v) is 7.04. The predicted molar refractivity (Wildman–Crippen MR) is 136 cm³/mol. The van der Waals surface area contributed by atoms with Crippen molar-refractivity contribution in [3.63, 3.8) is 0 Å². The number of benzene rings is 3. The molecule has 6 rings (SSSR count). The van der Waals surface area contributed by atoms with E-state index in [-0.39, 0.29) is 22.0 Å². The molecule has 3 heterocycles. The quantitative estimate of drug-likeness (QED) is 0.205. The zero-order chi connectivity index (χ0) is 25.7. The second-order valence-corrected chi connectivity index (χ2v) is 9.36. The lowest BCUT2D eigenvalue weighted by Crippen LogP contribution is -2.27. The fourth-order valence-electron chi connectivity index (χ4n) is 4.30. The fourth-order valence-corrected chi connectivity index (χ4v) is 5.30. The smallest absolute Gasteiger partial charge is 0.320 e. The molecule has 0 aliphatic carbocycles. The topological polar surface area (TPSA) is 104 Å². The molecule has 0 radical (unpaired) electrons. The summed E-state index contributed by atoms with van der Waals surface area (Å²) in [5.41, 5.74) is 8.45. The SMILES string of the molecule is C[n+]1cc(/N=C(/[O-])c2sc3nc(-c4cccc5ccccc45)cc(-c4ccc(F)cc4F)c3c2N)on1. The summed E-state index contributed by atoms with van der Waals surface area (Å²) in [5.74, 6) is -2.09. The Morgan fingerprint density at radius 1 is 1.03 bits per heavy atom. The van der Waals surface area contributed by atoms with Gasteiger partial charge < -0.3 is 10.8 Å². The highest BCUT2D eigenvalue weighted by atomic mass is 32.1. The number of rotatable bonds is 4. The molecule has 3 aromatic heterocycles. The lowest BCUT2D eigenvalue weighted by molar-refractivity contribution is -0.739. The average Bonchev–Trinajstić information content (AvgIpc) is 3.45. The third-order valence-electron chi connectivity index (χ3n) is 5.95. The van der Waals surface area contributed by atoms with Gasteiger partial charge >= 0.3 is 5.88 Å². The van der Waals surface area contributed by atoms with Gasteiger partial charge in [0.05, 0.1) is 16.3 Å². The highest BCUT2D eigenvalue weighted by molar-refractivity contribution is 7.21. The summed E-state index contributed by atoms with van der Waals surface area (Å²) in [4.78, 5) is 9.31. The number of fused-ring (bicyclic) bond motifs is 2. The van der Waals surface area contributed by atoms with E-state index in [0.29, 0.717) is 21.5 Å². The number of pyridine rings is 1. The van der Waals surface area contributed by atoms with Crippen molar-refractivity contribution in [2.75, 3.05) is 5.73 Å². The second kappa shape index (κ2) is 8.75. The van der Waals surface area contributed by atoms with Gasteiger partial charge in [0.15, 0.2) is 12.3 Å². The Morgan fingerprint density at radius 2 is 1.84 bits per heavy atom. The maximum absolute atomic E-state index is 15.0. The number of hydrogen-bond donors (Lipinski definition) is 1. The van der Waals surface area contributed by atoms with E-state index in [0.717, 1.165) is 33.7 Å². The van der Waals surface area contributed by atoms with Crippen molar-refractivity contribution >= 4 is 49.8 Å². The Labute approximate surface area is 212 Å². The summed E-state index contributed by atoms with van der Waals surface area (Å²) in [6, 6.07) is 18.7. The zero-order valence-corrected chi connectivity index (χ0v) is 20.1. The van der Waals surface area contributed by atoms with Crippen LogP contribution in [0.15, 0.2) is 82.4 Å². The Morgan fingerprint density at radius 3 is 2.62 bits per heavy atom. The number of aromatic nitrogens is 3. The number of aliphatic imine (C=N–C) groups is 1. The summed E-state index contributed by atoms with van der Waals surface area (Å²) in [7, 11) is 1.63. The van der Waals surface area contributed by atoms with Crippen molar-refractivity contribution in [2.45, 2.75) is 0 Å². The van der Waals surface area contributed by atoms with Crippen molar-refractivity contribution in [1.82, 2.24) is 10.3 Å². The highest BCUT2D eigenvalue weighted by Crippen LogP contribution is 2.43. The second-order valence-electron chi connectivity index (χ2n) is 8.36. The van der Waals surface area contributed by atoms with Gasteiger partial charge in [-0.1, -0.05) is 47.1 Å². The molecule has 0 aliphatic heterocycles. The largest absolute Gasteiger partial charge is 0.857 e. The maximum atomic E-state index is 15.0. The molecule has 0 unspecified atom stereocenters. The van der Waals surface area contributed by atoms with E-state index < -0.39 is 17.5 Å². The number of halogens is 2. The summed E-state index contributed by atoms with van der Waals surface area (Å²) < 4.78 is 35.1. The first-order chi connectivity index (χ1) is 17.9. The maximum Gasteiger partial charge on any atom is 0.320 e. The first-order valence-electron chi connectivity index (χ1n) is 11.1. The summed E-state index contributed by atoms with van der Waals surface area (Å²) in [6.07, 6.45) is 1.44. The molecule has 3 aromatic carbocycles. The Hall–Kier alpha value is -4.70. The Bertz CT molecular complexity index is 1860. The first-order valence-corrected chi connectivity index (χ1v) is 12.0. The molecule has 0 bridgehead atoms. The standard InChI is InChI=1S/C27H17F2N5O2S/c1-34-13-22(36-33-34)32-26(35)25-24(30)23-19(17-10-9-15(28)11-20(17)29)12-21(31-27(23)37-25)18-8-4-6-14-5-2-3-7-16(14)18/h2-13H,1H3,(H2-,30,32,33,35). The van der Waals surface area contributed by atoms with Crippen molar-refractivity contribution in [3.05, 3.63) is 89.4 Å². The summed E-state index contributed by atoms with van der Waals surface area (Å²) in [6.45, 7) is 0. The van der Waals surface area contributed by atoms with E-state index in [2.05, 4.69) is 10.3 Å². The van der Waals surface area contributed by atoms with Gasteiger partial charge in [-0.05, 0) is 34.5 Å². The van der Waals surface area contributed by atoms with Crippen molar-refractivity contribution in [3.8, 4) is 22.4 Å². The van der Waals surface area contributed by atoms with Crippen LogP contribution in [0.4, 0.5) is 20.4 Å². The number of aryl methyl sites for hydroxylation is 1. The van der Waals surface area contributed by atoms with Crippen molar-refractivity contribution in [2.24, 2.45) is 12.0 Å². The van der Waals surface area contributed by atoms with E-state index in [4.69, 9.17) is 15.2 Å².